The third-order valence-electron chi connectivity index (χ3n) is 3.53. The summed E-state index contributed by atoms with van der Waals surface area (Å²) in [7, 11) is -0.553. The molecule has 2 rings (SSSR count). The van der Waals surface area contributed by atoms with Crippen LogP contribution in [0.2, 0.25) is 0 Å². The summed E-state index contributed by atoms with van der Waals surface area (Å²) in [6.45, 7) is 1.72. The maximum absolute atomic E-state index is 12.9. The third-order valence-corrected chi connectivity index (χ3v) is 4.96. The van der Waals surface area contributed by atoms with Gasteiger partial charge in [-0.2, -0.15) is 0 Å². The topological polar surface area (TPSA) is 64.6 Å². The van der Waals surface area contributed by atoms with Gasteiger partial charge >= 0.3 is 0 Å². The number of methoxy groups -OCH3 is 2. The van der Waals surface area contributed by atoms with Crippen LogP contribution in [0.3, 0.4) is 0 Å². The highest BCUT2D eigenvalue weighted by Gasteiger charge is 2.20. The van der Waals surface area contributed by atoms with E-state index in [1.165, 1.54) is 38.5 Å². The molecule has 0 saturated heterocycles. The summed E-state index contributed by atoms with van der Waals surface area (Å²) in [6.07, 6.45) is 0. The second kappa shape index (κ2) is 7.63. The van der Waals surface area contributed by atoms with Gasteiger partial charge in [-0.25, -0.2) is 17.5 Å². The summed E-state index contributed by atoms with van der Waals surface area (Å²) in [4.78, 5) is 0. The summed E-state index contributed by atoms with van der Waals surface area (Å²) >= 11 is 0. The van der Waals surface area contributed by atoms with Crippen molar-refractivity contribution in [2.24, 2.45) is 0 Å². The van der Waals surface area contributed by atoms with E-state index in [2.05, 4.69) is 4.72 Å². The maximum Gasteiger partial charge on any atom is 0.216 e. The lowest BCUT2D eigenvalue weighted by Gasteiger charge is -2.18. The first kappa shape index (κ1) is 18.2. The molecule has 24 heavy (non-hydrogen) atoms. The molecule has 7 heteroatoms. The normalized spacial score (nSPS) is 12.7. The average molecular weight is 353 g/mol. The number of hydrogen-bond donors (Lipinski definition) is 1. The molecule has 5 nitrogen and oxygen atoms in total. The van der Waals surface area contributed by atoms with E-state index in [0.29, 0.717) is 22.6 Å². The lowest BCUT2D eigenvalue weighted by Crippen LogP contribution is -2.28. The van der Waals surface area contributed by atoms with Gasteiger partial charge in [0.2, 0.25) is 10.0 Å². The van der Waals surface area contributed by atoms with Crippen LogP contribution < -0.4 is 14.2 Å². The number of rotatable bonds is 7. The fourth-order valence-electron chi connectivity index (χ4n) is 2.35. The third kappa shape index (κ3) is 4.69. The molecule has 130 valence electrons. The monoisotopic (exact) mass is 353 g/mol. The minimum atomic E-state index is -3.61. The smallest absolute Gasteiger partial charge is 0.216 e. The van der Waals surface area contributed by atoms with Gasteiger partial charge < -0.3 is 9.47 Å². The van der Waals surface area contributed by atoms with Crippen LogP contribution in [-0.2, 0) is 15.8 Å². The van der Waals surface area contributed by atoms with E-state index in [1.807, 2.05) is 0 Å². The van der Waals surface area contributed by atoms with Gasteiger partial charge in [0.15, 0.2) is 0 Å². The zero-order valence-electron chi connectivity index (χ0n) is 13.7. The molecule has 0 amide bonds. The SMILES string of the molecule is COc1ccc(OC)c([C@H](C)NS(=O)(=O)Cc2ccc(F)cc2)c1. The zero-order chi connectivity index (χ0) is 17.7. The molecule has 0 aliphatic rings. The van der Waals surface area contributed by atoms with Crippen molar-refractivity contribution in [3.05, 3.63) is 59.4 Å². The second-order valence-corrected chi connectivity index (χ2v) is 7.09. The van der Waals surface area contributed by atoms with E-state index in [9.17, 15) is 12.8 Å². The Hall–Kier alpha value is -2.12. The Balaban J connectivity index is 2.18. The Kier molecular flexibility index (Phi) is 5.80. The van der Waals surface area contributed by atoms with Crippen LogP contribution >= 0.6 is 0 Å². The molecule has 0 bridgehead atoms. The van der Waals surface area contributed by atoms with Crippen LogP contribution in [0.15, 0.2) is 42.5 Å². The number of halogens is 1. The molecule has 1 atom stereocenters. The van der Waals surface area contributed by atoms with Gasteiger partial charge in [-0.15, -0.1) is 0 Å². The molecule has 0 fully saturated rings. The molecule has 0 aromatic heterocycles. The van der Waals surface area contributed by atoms with Crippen LogP contribution in [0.4, 0.5) is 4.39 Å². The second-order valence-electron chi connectivity index (χ2n) is 5.33. The molecule has 0 radical (unpaired) electrons. The highest BCUT2D eigenvalue weighted by Crippen LogP contribution is 2.29. The molecular weight excluding hydrogens is 333 g/mol. The van der Waals surface area contributed by atoms with Crippen LogP contribution in [0.25, 0.3) is 0 Å². The first-order valence-corrected chi connectivity index (χ1v) is 8.96. The van der Waals surface area contributed by atoms with Crippen LogP contribution in [0, 0.1) is 5.82 Å². The van der Waals surface area contributed by atoms with E-state index >= 15 is 0 Å². The van der Waals surface area contributed by atoms with E-state index < -0.39 is 21.9 Å². The quantitative estimate of drug-likeness (QED) is 0.831. The number of benzene rings is 2. The van der Waals surface area contributed by atoms with Gasteiger partial charge in [-0.05, 0) is 42.8 Å². The largest absolute Gasteiger partial charge is 0.497 e. The van der Waals surface area contributed by atoms with E-state index in [1.54, 1.807) is 25.1 Å². The molecule has 1 N–H and O–H groups in total. The van der Waals surface area contributed by atoms with E-state index in [4.69, 9.17) is 9.47 Å². The van der Waals surface area contributed by atoms with Gasteiger partial charge in [0, 0.05) is 11.6 Å². The minimum absolute atomic E-state index is 0.232. The maximum atomic E-state index is 12.9. The molecule has 0 aliphatic carbocycles. The zero-order valence-corrected chi connectivity index (χ0v) is 14.6. The Labute approximate surface area is 141 Å². The number of sulfonamides is 1. The van der Waals surface area contributed by atoms with Crippen molar-refractivity contribution in [1.29, 1.82) is 0 Å². The summed E-state index contributed by atoms with van der Waals surface area (Å²) < 4.78 is 50.7. The Morgan fingerprint density at radius 2 is 1.75 bits per heavy atom. The molecule has 0 unspecified atom stereocenters. The summed E-state index contributed by atoms with van der Waals surface area (Å²) in [5.74, 6) is 0.533. The average Bonchev–Trinajstić information content (AvgIpc) is 2.55. The highest BCUT2D eigenvalue weighted by atomic mass is 32.2. The van der Waals surface area contributed by atoms with Crippen molar-refractivity contribution in [2.45, 2.75) is 18.7 Å². The summed E-state index contributed by atoms with van der Waals surface area (Å²) in [5, 5.41) is 0. The van der Waals surface area contributed by atoms with Crippen LogP contribution in [0.5, 0.6) is 11.5 Å². The number of nitrogens with one attached hydrogen (secondary N) is 1. The lowest BCUT2D eigenvalue weighted by molar-refractivity contribution is 0.395. The molecule has 2 aromatic carbocycles. The number of ether oxygens (including phenoxy) is 2. The standard InChI is InChI=1S/C17H20FNO4S/c1-12(16-10-15(22-2)8-9-17(16)23-3)19-24(20,21)11-13-4-6-14(18)7-5-13/h4-10,12,19H,11H2,1-3H3/t12-/m0/s1. The Bertz CT molecular complexity index is 791. The number of hydrogen-bond acceptors (Lipinski definition) is 4. The van der Waals surface area contributed by atoms with Gasteiger partial charge in [-0.1, -0.05) is 12.1 Å². The predicted molar refractivity (Wildman–Crippen MR) is 90.1 cm³/mol. The Morgan fingerprint density at radius 3 is 2.33 bits per heavy atom. The highest BCUT2D eigenvalue weighted by molar-refractivity contribution is 7.88. The van der Waals surface area contributed by atoms with Crippen molar-refractivity contribution in [3.63, 3.8) is 0 Å². The van der Waals surface area contributed by atoms with Gasteiger partial charge in [0.25, 0.3) is 0 Å². The van der Waals surface area contributed by atoms with E-state index in [0.717, 1.165) is 0 Å². The van der Waals surface area contributed by atoms with Crippen molar-refractivity contribution in [2.75, 3.05) is 14.2 Å². The minimum Gasteiger partial charge on any atom is -0.497 e. The van der Waals surface area contributed by atoms with Crippen molar-refractivity contribution in [1.82, 2.24) is 4.72 Å². The summed E-state index contributed by atoms with van der Waals surface area (Å²) in [5.41, 5.74) is 1.17. The fourth-order valence-corrected chi connectivity index (χ4v) is 3.73. The van der Waals surface area contributed by atoms with Crippen molar-refractivity contribution < 1.29 is 22.3 Å². The molecule has 0 aliphatic heterocycles. The van der Waals surface area contributed by atoms with Crippen molar-refractivity contribution >= 4 is 10.0 Å². The van der Waals surface area contributed by atoms with Gasteiger partial charge in [0.05, 0.1) is 20.0 Å². The first-order chi connectivity index (χ1) is 11.3. The Morgan fingerprint density at radius 1 is 1.08 bits per heavy atom. The molecule has 0 heterocycles. The molecule has 0 spiro atoms. The first-order valence-electron chi connectivity index (χ1n) is 7.31. The molecule has 2 aromatic rings. The summed E-state index contributed by atoms with van der Waals surface area (Å²) in [6, 6.07) is 10.0. The fraction of sp³-hybridized carbons (Fsp3) is 0.294. The van der Waals surface area contributed by atoms with Crippen molar-refractivity contribution in [3.8, 4) is 11.5 Å². The van der Waals surface area contributed by atoms with Crippen LogP contribution in [-0.4, -0.2) is 22.6 Å². The van der Waals surface area contributed by atoms with Gasteiger partial charge in [0.1, 0.15) is 17.3 Å². The lowest BCUT2D eigenvalue weighted by atomic mass is 10.1. The van der Waals surface area contributed by atoms with Gasteiger partial charge in [-0.3, -0.25) is 0 Å². The van der Waals surface area contributed by atoms with Crippen LogP contribution in [0.1, 0.15) is 24.1 Å². The molecular formula is C17H20FNO4S. The predicted octanol–water partition coefficient (Wildman–Crippen LogP) is 3.02. The molecule has 0 saturated carbocycles. The van der Waals surface area contributed by atoms with E-state index in [-0.39, 0.29) is 5.75 Å².